The summed E-state index contributed by atoms with van der Waals surface area (Å²) in [5.74, 6) is 3.79. The maximum absolute atomic E-state index is 4.58. The van der Waals surface area contributed by atoms with Gasteiger partial charge in [-0.1, -0.05) is 27.7 Å². The molecule has 1 aromatic heterocycles. The van der Waals surface area contributed by atoms with Crippen molar-refractivity contribution in [3.63, 3.8) is 0 Å². The Kier molecular flexibility index (Phi) is 2.13. The molecule has 19 heavy (non-hydrogen) atoms. The lowest BCUT2D eigenvalue weighted by Gasteiger charge is -2.25. The molecule has 4 rings (SSSR count). The van der Waals surface area contributed by atoms with Crippen LogP contribution in [0.5, 0.6) is 0 Å². The molecule has 3 aliphatic rings. The van der Waals surface area contributed by atoms with E-state index >= 15 is 0 Å². The summed E-state index contributed by atoms with van der Waals surface area (Å²) in [5, 5.41) is 12.8. The van der Waals surface area contributed by atoms with E-state index in [0.717, 1.165) is 19.0 Å². The van der Waals surface area contributed by atoms with Gasteiger partial charge in [-0.3, -0.25) is 0 Å². The number of nitrogens with zero attached hydrogens (tertiary/aromatic N) is 3. The molecule has 2 fully saturated rings. The Morgan fingerprint density at radius 1 is 1.05 bits per heavy atom. The summed E-state index contributed by atoms with van der Waals surface area (Å²) < 4.78 is 2.42. The molecular formula is C15H24N4. The summed E-state index contributed by atoms with van der Waals surface area (Å²) in [6.07, 6.45) is 2.69. The fourth-order valence-electron chi connectivity index (χ4n) is 4.07. The molecule has 0 amide bonds. The van der Waals surface area contributed by atoms with E-state index in [1.807, 2.05) is 0 Å². The van der Waals surface area contributed by atoms with Gasteiger partial charge in [-0.25, -0.2) is 0 Å². The SMILES string of the molecule is CC1(C)C(c2nnc3n2CCNC3C2CC2)C1(C)C. The van der Waals surface area contributed by atoms with Crippen LogP contribution >= 0.6 is 0 Å². The van der Waals surface area contributed by atoms with Gasteiger partial charge >= 0.3 is 0 Å². The van der Waals surface area contributed by atoms with Crippen molar-refractivity contribution in [2.24, 2.45) is 16.7 Å². The third-order valence-electron chi connectivity index (χ3n) is 6.16. The van der Waals surface area contributed by atoms with Gasteiger partial charge in [0.2, 0.25) is 0 Å². The van der Waals surface area contributed by atoms with Crippen LogP contribution in [0.4, 0.5) is 0 Å². The normalized spacial score (nSPS) is 32.1. The Labute approximate surface area is 115 Å². The second-order valence-corrected chi connectivity index (χ2v) is 7.71. The second-order valence-electron chi connectivity index (χ2n) is 7.71. The Morgan fingerprint density at radius 3 is 2.26 bits per heavy atom. The first-order chi connectivity index (χ1) is 8.94. The fraction of sp³-hybridized carbons (Fsp3) is 0.867. The summed E-state index contributed by atoms with van der Waals surface area (Å²) in [6.45, 7) is 11.5. The van der Waals surface area contributed by atoms with Crippen LogP contribution in [0.15, 0.2) is 0 Å². The molecule has 1 N–H and O–H groups in total. The first-order valence-corrected chi connectivity index (χ1v) is 7.61. The Balaban J connectivity index is 1.72. The number of hydrogen-bond donors (Lipinski definition) is 1. The highest BCUT2D eigenvalue weighted by molar-refractivity contribution is 5.28. The summed E-state index contributed by atoms with van der Waals surface area (Å²) in [7, 11) is 0. The maximum atomic E-state index is 4.58. The molecule has 0 spiro atoms. The third kappa shape index (κ3) is 1.44. The van der Waals surface area contributed by atoms with Gasteiger partial charge in [0.1, 0.15) is 5.82 Å². The lowest BCUT2D eigenvalue weighted by atomic mass is 10.0. The number of rotatable bonds is 2. The molecule has 2 heterocycles. The van der Waals surface area contributed by atoms with Crippen LogP contribution in [0.1, 0.15) is 64.1 Å². The first kappa shape index (κ1) is 11.9. The van der Waals surface area contributed by atoms with Gasteiger partial charge in [-0.2, -0.15) is 0 Å². The molecule has 2 aliphatic carbocycles. The zero-order valence-corrected chi connectivity index (χ0v) is 12.4. The number of hydrogen-bond acceptors (Lipinski definition) is 3. The highest BCUT2D eigenvalue weighted by Gasteiger charge is 2.67. The molecule has 1 aromatic rings. The largest absolute Gasteiger partial charge is 0.312 e. The van der Waals surface area contributed by atoms with Gasteiger partial charge in [0.25, 0.3) is 0 Å². The smallest absolute Gasteiger partial charge is 0.150 e. The average Bonchev–Trinajstić information content (AvgIpc) is 3.19. The standard InChI is InChI=1S/C15H24N4/c1-14(2)11(15(14,3)4)13-18-17-12-10(9-5-6-9)16-7-8-19(12)13/h9-11,16H,5-8H2,1-4H3. The van der Waals surface area contributed by atoms with Crippen LogP contribution in [0.3, 0.4) is 0 Å². The molecule has 1 unspecified atom stereocenters. The van der Waals surface area contributed by atoms with E-state index in [-0.39, 0.29) is 0 Å². The lowest BCUT2D eigenvalue weighted by Crippen LogP contribution is -2.35. The molecular weight excluding hydrogens is 236 g/mol. The van der Waals surface area contributed by atoms with E-state index in [0.29, 0.717) is 22.8 Å². The van der Waals surface area contributed by atoms with Crippen molar-refractivity contribution in [3.05, 3.63) is 11.6 Å². The highest BCUT2D eigenvalue weighted by atomic mass is 15.3. The molecule has 0 radical (unpaired) electrons. The van der Waals surface area contributed by atoms with Crippen molar-refractivity contribution < 1.29 is 0 Å². The van der Waals surface area contributed by atoms with E-state index in [1.165, 1.54) is 24.5 Å². The Morgan fingerprint density at radius 2 is 1.68 bits per heavy atom. The van der Waals surface area contributed by atoms with E-state index in [9.17, 15) is 0 Å². The minimum absolute atomic E-state index is 0.344. The Bertz CT molecular complexity index is 510. The molecule has 2 saturated carbocycles. The van der Waals surface area contributed by atoms with E-state index in [4.69, 9.17) is 0 Å². The second kappa shape index (κ2) is 3.40. The number of fused-ring (bicyclic) bond motifs is 1. The van der Waals surface area contributed by atoms with Crippen LogP contribution in [0, 0.1) is 16.7 Å². The highest BCUT2D eigenvalue weighted by Crippen LogP contribution is 2.73. The maximum Gasteiger partial charge on any atom is 0.150 e. The Hall–Kier alpha value is -0.900. The number of nitrogens with one attached hydrogen (secondary N) is 1. The monoisotopic (exact) mass is 260 g/mol. The van der Waals surface area contributed by atoms with E-state index in [2.05, 4.69) is 47.8 Å². The predicted octanol–water partition coefficient (Wildman–Crippen LogP) is 2.48. The summed E-state index contributed by atoms with van der Waals surface area (Å²) in [4.78, 5) is 0. The summed E-state index contributed by atoms with van der Waals surface area (Å²) in [6, 6.07) is 0.458. The molecule has 4 heteroatoms. The topological polar surface area (TPSA) is 42.7 Å². The number of aromatic nitrogens is 3. The van der Waals surface area contributed by atoms with Gasteiger partial charge in [0.05, 0.1) is 6.04 Å². The van der Waals surface area contributed by atoms with E-state index < -0.39 is 0 Å². The van der Waals surface area contributed by atoms with Crippen LogP contribution in [-0.4, -0.2) is 21.3 Å². The van der Waals surface area contributed by atoms with Crippen molar-refractivity contribution in [2.75, 3.05) is 6.54 Å². The molecule has 104 valence electrons. The zero-order valence-electron chi connectivity index (χ0n) is 12.4. The molecule has 0 saturated heterocycles. The fourth-order valence-corrected chi connectivity index (χ4v) is 4.07. The quantitative estimate of drug-likeness (QED) is 0.888. The molecule has 1 atom stereocenters. The van der Waals surface area contributed by atoms with Crippen molar-refractivity contribution >= 4 is 0 Å². The minimum atomic E-state index is 0.344. The van der Waals surface area contributed by atoms with Crippen molar-refractivity contribution in [2.45, 2.75) is 59.0 Å². The first-order valence-electron chi connectivity index (χ1n) is 7.61. The van der Waals surface area contributed by atoms with Gasteiger partial charge in [-0.15, -0.1) is 10.2 Å². The minimum Gasteiger partial charge on any atom is -0.312 e. The molecule has 0 aromatic carbocycles. The molecule has 1 aliphatic heterocycles. The summed E-state index contributed by atoms with van der Waals surface area (Å²) >= 11 is 0. The van der Waals surface area contributed by atoms with Crippen molar-refractivity contribution in [3.8, 4) is 0 Å². The lowest BCUT2D eigenvalue weighted by molar-refractivity contribution is 0.375. The van der Waals surface area contributed by atoms with Gasteiger partial charge < -0.3 is 9.88 Å². The van der Waals surface area contributed by atoms with Crippen molar-refractivity contribution in [1.82, 2.24) is 20.1 Å². The zero-order chi connectivity index (χ0) is 13.4. The molecule has 4 nitrogen and oxygen atoms in total. The predicted molar refractivity (Wildman–Crippen MR) is 73.8 cm³/mol. The van der Waals surface area contributed by atoms with Gasteiger partial charge in [0.15, 0.2) is 5.82 Å². The van der Waals surface area contributed by atoms with Crippen molar-refractivity contribution in [1.29, 1.82) is 0 Å². The van der Waals surface area contributed by atoms with Gasteiger partial charge in [-0.05, 0) is 29.6 Å². The van der Waals surface area contributed by atoms with Crippen LogP contribution in [0.2, 0.25) is 0 Å². The van der Waals surface area contributed by atoms with Crippen LogP contribution in [0.25, 0.3) is 0 Å². The van der Waals surface area contributed by atoms with Crippen LogP contribution in [-0.2, 0) is 6.54 Å². The third-order valence-corrected chi connectivity index (χ3v) is 6.16. The van der Waals surface area contributed by atoms with Gasteiger partial charge in [0, 0.05) is 19.0 Å². The van der Waals surface area contributed by atoms with E-state index in [1.54, 1.807) is 0 Å². The average molecular weight is 260 g/mol. The summed E-state index contributed by atoms with van der Waals surface area (Å²) in [5.41, 5.74) is 0.688. The van der Waals surface area contributed by atoms with Crippen LogP contribution < -0.4 is 5.32 Å². The molecule has 0 bridgehead atoms.